The molecule has 17 heavy (non-hydrogen) atoms. The van der Waals surface area contributed by atoms with Crippen LogP contribution in [0.1, 0.15) is 0 Å². The molecule has 0 saturated carbocycles. The number of furan rings is 1. The Hall–Kier alpha value is -2.56. The van der Waals surface area contributed by atoms with Crippen molar-refractivity contribution in [2.75, 3.05) is 5.73 Å². The highest BCUT2D eigenvalue weighted by molar-refractivity contribution is 5.52. The zero-order valence-corrected chi connectivity index (χ0v) is 8.95. The van der Waals surface area contributed by atoms with Gasteiger partial charge in [0.05, 0.1) is 18.1 Å². The SMILES string of the molecule is Nc1cccc(-n2cc(-c3ccco3)nn2)c1. The summed E-state index contributed by atoms with van der Waals surface area (Å²) in [6.45, 7) is 0. The van der Waals surface area contributed by atoms with Crippen LogP contribution >= 0.6 is 0 Å². The van der Waals surface area contributed by atoms with Gasteiger partial charge in [0.2, 0.25) is 0 Å². The highest BCUT2D eigenvalue weighted by Gasteiger charge is 2.07. The Morgan fingerprint density at radius 2 is 2.12 bits per heavy atom. The largest absolute Gasteiger partial charge is 0.463 e. The van der Waals surface area contributed by atoms with Gasteiger partial charge in [-0.1, -0.05) is 11.3 Å². The molecule has 0 amide bonds. The minimum Gasteiger partial charge on any atom is -0.463 e. The maximum absolute atomic E-state index is 5.72. The Kier molecular flexibility index (Phi) is 2.15. The third kappa shape index (κ3) is 1.78. The maximum Gasteiger partial charge on any atom is 0.155 e. The molecular formula is C12H10N4O. The van der Waals surface area contributed by atoms with Gasteiger partial charge >= 0.3 is 0 Å². The van der Waals surface area contributed by atoms with Crippen LogP contribution in [-0.4, -0.2) is 15.0 Å². The summed E-state index contributed by atoms with van der Waals surface area (Å²) in [7, 11) is 0. The maximum atomic E-state index is 5.72. The summed E-state index contributed by atoms with van der Waals surface area (Å²) >= 11 is 0. The van der Waals surface area contributed by atoms with Crippen LogP contribution < -0.4 is 5.73 Å². The lowest BCUT2D eigenvalue weighted by molar-refractivity contribution is 0.580. The molecule has 5 heteroatoms. The summed E-state index contributed by atoms with van der Waals surface area (Å²) in [6.07, 6.45) is 3.41. The Labute approximate surface area is 97.5 Å². The monoisotopic (exact) mass is 226 g/mol. The van der Waals surface area contributed by atoms with Gasteiger partial charge in [-0.05, 0) is 30.3 Å². The molecule has 84 valence electrons. The van der Waals surface area contributed by atoms with Crippen LogP contribution in [0.25, 0.3) is 17.1 Å². The first-order valence-electron chi connectivity index (χ1n) is 5.15. The van der Waals surface area contributed by atoms with Gasteiger partial charge in [0.15, 0.2) is 5.76 Å². The van der Waals surface area contributed by atoms with Crippen LogP contribution in [0.2, 0.25) is 0 Å². The summed E-state index contributed by atoms with van der Waals surface area (Å²) in [5, 5.41) is 8.08. The molecule has 0 aliphatic rings. The molecule has 0 fully saturated rings. The number of hydrogen-bond donors (Lipinski definition) is 1. The van der Waals surface area contributed by atoms with E-state index in [1.807, 2.05) is 36.4 Å². The van der Waals surface area contributed by atoms with E-state index in [9.17, 15) is 0 Å². The molecule has 2 aromatic heterocycles. The standard InChI is InChI=1S/C12H10N4O/c13-9-3-1-4-10(7-9)16-8-11(14-15-16)12-5-2-6-17-12/h1-8H,13H2. The minimum absolute atomic E-state index is 0.692. The first-order valence-corrected chi connectivity index (χ1v) is 5.15. The summed E-state index contributed by atoms with van der Waals surface area (Å²) in [5.74, 6) is 0.695. The van der Waals surface area contributed by atoms with Crippen molar-refractivity contribution >= 4 is 5.69 Å². The van der Waals surface area contributed by atoms with Gasteiger partial charge < -0.3 is 10.2 Å². The molecule has 0 bridgehead atoms. The lowest BCUT2D eigenvalue weighted by atomic mass is 10.3. The molecule has 3 rings (SSSR count). The minimum atomic E-state index is 0.692. The molecule has 5 nitrogen and oxygen atoms in total. The number of aromatic nitrogens is 3. The fourth-order valence-electron chi connectivity index (χ4n) is 1.59. The average molecular weight is 226 g/mol. The molecule has 0 saturated heterocycles. The summed E-state index contributed by atoms with van der Waals surface area (Å²) in [5.41, 5.74) is 7.97. The average Bonchev–Trinajstić information content (AvgIpc) is 3.00. The molecule has 0 atom stereocenters. The number of nitrogens with two attached hydrogens (primary N) is 1. The highest BCUT2D eigenvalue weighted by Crippen LogP contribution is 2.18. The fourth-order valence-corrected chi connectivity index (χ4v) is 1.59. The number of anilines is 1. The highest BCUT2D eigenvalue weighted by atomic mass is 16.3. The van der Waals surface area contributed by atoms with Crippen molar-refractivity contribution in [1.82, 2.24) is 15.0 Å². The topological polar surface area (TPSA) is 69.9 Å². The summed E-state index contributed by atoms with van der Waals surface area (Å²) in [6, 6.07) is 11.1. The Morgan fingerprint density at radius 3 is 2.88 bits per heavy atom. The van der Waals surface area contributed by atoms with Crippen LogP contribution in [-0.2, 0) is 0 Å². The molecule has 3 aromatic rings. The fraction of sp³-hybridized carbons (Fsp3) is 0. The van der Waals surface area contributed by atoms with Crippen molar-refractivity contribution in [3.63, 3.8) is 0 Å². The number of benzene rings is 1. The molecular weight excluding hydrogens is 216 g/mol. The second-order valence-electron chi connectivity index (χ2n) is 3.62. The zero-order chi connectivity index (χ0) is 11.7. The second kappa shape index (κ2) is 3.79. The quantitative estimate of drug-likeness (QED) is 0.679. The lowest BCUT2D eigenvalue weighted by Crippen LogP contribution is -1.95. The number of nitrogen functional groups attached to an aromatic ring is 1. The molecule has 0 unspecified atom stereocenters. The number of rotatable bonds is 2. The molecule has 2 N–H and O–H groups in total. The van der Waals surface area contributed by atoms with Crippen LogP contribution in [0.3, 0.4) is 0 Å². The number of nitrogens with zero attached hydrogens (tertiary/aromatic N) is 3. The Morgan fingerprint density at radius 1 is 1.18 bits per heavy atom. The number of hydrogen-bond acceptors (Lipinski definition) is 4. The van der Waals surface area contributed by atoms with Crippen molar-refractivity contribution in [1.29, 1.82) is 0 Å². The van der Waals surface area contributed by atoms with Crippen molar-refractivity contribution in [2.45, 2.75) is 0 Å². The van der Waals surface area contributed by atoms with Crippen molar-refractivity contribution in [3.05, 3.63) is 48.9 Å². The van der Waals surface area contributed by atoms with E-state index in [0.717, 1.165) is 5.69 Å². The van der Waals surface area contributed by atoms with Gasteiger partial charge in [0, 0.05) is 5.69 Å². The van der Waals surface area contributed by atoms with Crippen molar-refractivity contribution in [3.8, 4) is 17.1 Å². The van der Waals surface area contributed by atoms with E-state index in [-0.39, 0.29) is 0 Å². The van der Waals surface area contributed by atoms with Gasteiger partial charge in [0.1, 0.15) is 5.69 Å². The van der Waals surface area contributed by atoms with E-state index >= 15 is 0 Å². The van der Waals surface area contributed by atoms with Gasteiger partial charge in [-0.2, -0.15) is 0 Å². The van der Waals surface area contributed by atoms with Gasteiger partial charge in [0.25, 0.3) is 0 Å². The molecule has 0 radical (unpaired) electrons. The van der Waals surface area contributed by atoms with Crippen LogP contribution in [0, 0.1) is 0 Å². The third-order valence-corrected chi connectivity index (χ3v) is 2.40. The van der Waals surface area contributed by atoms with E-state index in [4.69, 9.17) is 10.2 Å². The van der Waals surface area contributed by atoms with Crippen molar-refractivity contribution in [2.24, 2.45) is 0 Å². The Balaban J connectivity index is 2.01. The predicted octanol–water partition coefficient (Wildman–Crippen LogP) is 2.11. The zero-order valence-electron chi connectivity index (χ0n) is 8.95. The van der Waals surface area contributed by atoms with E-state index in [1.165, 1.54) is 0 Å². The lowest BCUT2D eigenvalue weighted by Gasteiger charge is -1.99. The van der Waals surface area contributed by atoms with Crippen molar-refractivity contribution < 1.29 is 4.42 Å². The van der Waals surface area contributed by atoms with E-state index < -0.39 is 0 Å². The normalized spacial score (nSPS) is 10.6. The summed E-state index contributed by atoms with van der Waals surface area (Å²) < 4.78 is 6.91. The third-order valence-electron chi connectivity index (χ3n) is 2.40. The van der Waals surface area contributed by atoms with E-state index in [0.29, 0.717) is 17.1 Å². The predicted molar refractivity (Wildman–Crippen MR) is 63.5 cm³/mol. The van der Waals surface area contributed by atoms with Crippen LogP contribution in [0.15, 0.2) is 53.3 Å². The molecule has 2 heterocycles. The molecule has 0 aliphatic carbocycles. The first kappa shape index (κ1) is 9.65. The summed E-state index contributed by atoms with van der Waals surface area (Å²) in [4.78, 5) is 0. The van der Waals surface area contributed by atoms with E-state index in [2.05, 4.69) is 10.3 Å². The van der Waals surface area contributed by atoms with Gasteiger partial charge in [-0.25, -0.2) is 4.68 Å². The first-order chi connectivity index (χ1) is 8.33. The molecule has 1 aromatic carbocycles. The van der Waals surface area contributed by atoms with E-state index in [1.54, 1.807) is 17.1 Å². The Bertz CT molecular complexity index is 628. The van der Waals surface area contributed by atoms with Gasteiger partial charge in [-0.3, -0.25) is 0 Å². The second-order valence-corrected chi connectivity index (χ2v) is 3.62. The molecule has 0 aliphatic heterocycles. The van der Waals surface area contributed by atoms with Crippen LogP contribution in [0.5, 0.6) is 0 Å². The molecule has 0 spiro atoms. The smallest absolute Gasteiger partial charge is 0.155 e. The van der Waals surface area contributed by atoms with Gasteiger partial charge in [-0.15, -0.1) is 5.10 Å². The van der Waals surface area contributed by atoms with Crippen LogP contribution in [0.4, 0.5) is 5.69 Å².